The molecule has 6 heteroatoms. The standard InChI is InChI=1S/C13H17BrN2O3/c1-9-5-11(14)13(18)16(7-9)8-12(17)15-6-10-3-2-4-19-10/h5,7,10H,2-4,6,8H2,1H3,(H,15,17). The quantitative estimate of drug-likeness (QED) is 0.903. The lowest BCUT2D eigenvalue weighted by Gasteiger charge is -2.12. The number of ether oxygens (including phenoxy) is 1. The number of halogens is 1. The summed E-state index contributed by atoms with van der Waals surface area (Å²) in [6.07, 6.45) is 3.82. The van der Waals surface area contributed by atoms with E-state index < -0.39 is 0 Å². The number of nitrogens with zero attached hydrogens (tertiary/aromatic N) is 1. The zero-order valence-electron chi connectivity index (χ0n) is 10.8. The summed E-state index contributed by atoms with van der Waals surface area (Å²) >= 11 is 3.19. The molecule has 0 aliphatic carbocycles. The maximum atomic E-state index is 11.8. The predicted octanol–water partition coefficient (Wildman–Crippen LogP) is 1.21. The lowest BCUT2D eigenvalue weighted by Crippen LogP contribution is -2.36. The first-order chi connectivity index (χ1) is 9.06. The first kappa shape index (κ1) is 14.3. The monoisotopic (exact) mass is 328 g/mol. The summed E-state index contributed by atoms with van der Waals surface area (Å²) in [6, 6.07) is 1.74. The van der Waals surface area contributed by atoms with Gasteiger partial charge in [-0.3, -0.25) is 9.59 Å². The normalized spacial score (nSPS) is 18.5. The van der Waals surface area contributed by atoms with Crippen LogP contribution >= 0.6 is 15.9 Å². The van der Waals surface area contributed by atoms with E-state index in [1.807, 2.05) is 6.92 Å². The smallest absolute Gasteiger partial charge is 0.265 e. The fraction of sp³-hybridized carbons (Fsp3) is 0.538. The number of nitrogens with one attached hydrogen (secondary N) is 1. The van der Waals surface area contributed by atoms with Crippen LogP contribution in [0.15, 0.2) is 21.5 Å². The highest BCUT2D eigenvalue weighted by Crippen LogP contribution is 2.10. The molecule has 104 valence electrons. The van der Waals surface area contributed by atoms with Crippen molar-refractivity contribution in [1.29, 1.82) is 0 Å². The van der Waals surface area contributed by atoms with Gasteiger partial charge in [0, 0.05) is 19.3 Å². The molecule has 1 aliphatic heterocycles. The van der Waals surface area contributed by atoms with Gasteiger partial charge in [0.1, 0.15) is 6.54 Å². The van der Waals surface area contributed by atoms with Gasteiger partial charge in [0.05, 0.1) is 10.6 Å². The van der Waals surface area contributed by atoms with Gasteiger partial charge in [-0.15, -0.1) is 0 Å². The topological polar surface area (TPSA) is 60.3 Å². The molecular formula is C13H17BrN2O3. The van der Waals surface area contributed by atoms with Crippen LogP contribution in [0, 0.1) is 6.92 Å². The van der Waals surface area contributed by atoms with Crippen LogP contribution in [0.1, 0.15) is 18.4 Å². The third-order valence-electron chi connectivity index (χ3n) is 3.04. The zero-order valence-corrected chi connectivity index (χ0v) is 12.4. The average Bonchev–Trinajstić information content (AvgIpc) is 2.86. The van der Waals surface area contributed by atoms with E-state index in [0.29, 0.717) is 11.0 Å². The molecule has 0 spiro atoms. The van der Waals surface area contributed by atoms with Gasteiger partial charge in [0.15, 0.2) is 0 Å². The summed E-state index contributed by atoms with van der Waals surface area (Å²) in [7, 11) is 0. The zero-order chi connectivity index (χ0) is 13.8. The Hall–Kier alpha value is -1.14. The molecule has 2 rings (SSSR count). The van der Waals surface area contributed by atoms with Crippen LogP contribution in [0.5, 0.6) is 0 Å². The van der Waals surface area contributed by atoms with Crippen LogP contribution in [0.25, 0.3) is 0 Å². The van der Waals surface area contributed by atoms with Gasteiger partial charge in [-0.2, -0.15) is 0 Å². The molecule has 1 amide bonds. The van der Waals surface area contributed by atoms with Crippen molar-refractivity contribution in [3.05, 3.63) is 32.7 Å². The molecule has 0 aromatic carbocycles. The number of carbonyl (C=O) groups is 1. The predicted molar refractivity (Wildman–Crippen MR) is 75.1 cm³/mol. The Bertz CT molecular complexity index is 521. The second kappa shape index (κ2) is 6.34. The lowest BCUT2D eigenvalue weighted by molar-refractivity contribution is -0.122. The number of aromatic nitrogens is 1. The van der Waals surface area contributed by atoms with E-state index in [0.717, 1.165) is 25.0 Å². The molecule has 1 aliphatic rings. The average molecular weight is 329 g/mol. The van der Waals surface area contributed by atoms with Gasteiger partial charge in [-0.25, -0.2) is 0 Å². The Morgan fingerprint density at radius 3 is 3.11 bits per heavy atom. The summed E-state index contributed by atoms with van der Waals surface area (Å²) in [5, 5.41) is 2.80. The Morgan fingerprint density at radius 2 is 2.42 bits per heavy atom. The third-order valence-corrected chi connectivity index (χ3v) is 3.61. The molecule has 1 atom stereocenters. The van der Waals surface area contributed by atoms with E-state index in [9.17, 15) is 9.59 Å². The first-order valence-corrected chi connectivity index (χ1v) is 7.10. The van der Waals surface area contributed by atoms with Gasteiger partial charge >= 0.3 is 0 Å². The van der Waals surface area contributed by atoms with Gasteiger partial charge in [0.25, 0.3) is 5.56 Å². The van der Waals surface area contributed by atoms with Crippen molar-refractivity contribution in [2.75, 3.05) is 13.2 Å². The van der Waals surface area contributed by atoms with Crippen LogP contribution in [-0.2, 0) is 16.1 Å². The van der Waals surface area contributed by atoms with Crippen molar-refractivity contribution in [1.82, 2.24) is 9.88 Å². The molecule has 2 heterocycles. The largest absolute Gasteiger partial charge is 0.376 e. The molecular weight excluding hydrogens is 312 g/mol. The molecule has 1 aromatic rings. The van der Waals surface area contributed by atoms with Gasteiger partial charge < -0.3 is 14.6 Å². The summed E-state index contributed by atoms with van der Waals surface area (Å²) < 4.78 is 7.30. The second-order valence-corrected chi connectivity index (χ2v) is 5.59. The first-order valence-electron chi connectivity index (χ1n) is 6.31. The van der Waals surface area contributed by atoms with Gasteiger partial charge in [-0.1, -0.05) is 0 Å². The Labute approximate surface area is 120 Å². The van der Waals surface area contributed by atoms with Crippen LogP contribution in [0.2, 0.25) is 0 Å². The van der Waals surface area contributed by atoms with Crippen LogP contribution < -0.4 is 10.9 Å². The molecule has 1 N–H and O–H groups in total. The maximum absolute atomic E-state index is 11.8. The van der Waals surface area contributed by atoms with E-state index in [1.54, 1.807) is 12.3 Å². The van der Waals surface area contributed by atoms with Crippen molar-refractivity contribution in [3.63, 3.8) is 0 Å². The maximum Gasteiger partial charge on any atom is 0.265 e. The highest BCUT2D eigenvalue weighted by Gasteiger charge is 2.16. The van der Waals surface area contributed by atoms with E-state index in [1.165, 1.54) is 4.57 Å². The molecule has 1 fully saturated rings. The van der Waals surface area contributed by atoms with Crippen molar-refractivity contribution in [2.24, 2.45) is 0 Å². The van der Waals surface area contributed by atoms with Crippen LogP contribution in [0.3, 0.4) is 0 Å². The van der Waals surface area contributed by atoms with E-state index in [2.05, 4.69) is 21.2 Å². The number of aryl methyl sites for hydroxylation is 1. The van der Waals surface area contributed by atoms with Crippen molar-refractivity contribution in [3.8, 4) is 0 Å². The van der Waals surface area contributed by atoms with Crippen molar-refractivity contribution >= 4 is 21.8 Å². The molecule has 1 saturated heterocycles. The number of carbonyl (C=O) groups excluding carboxylic acids is 1. The number of amides is 1. The van der Waals surface area contributed by atoms with Crippen molar-refractivity contribution in [2.45, 2.75) is 32.4 Å². The number of pyridine rings is 1. The fourth-order valence-corrected chi connectivity index (χ4v) is 2.69. The molecule has 0 bridgehead atoms. The van der Waals surface area contributed by atoms with Crippen LogP contribution in [0.4, 0.5) is 0 Å². The Morgan fingerprint density at radius 1 is 1.63 bits per heavy atom. The van der Waals surface area contributed by atoms with Gasteiger partial charge in [-0.05, 0) is 47.3 Å². The minimum absolute atomic E-state index is 0.0336. The minimum Gasteiger partial charge on any atom is -0.376 e. The molecule has 1 aromatic heterocycles. The summed E-state index contributed by atoms with van der Waals surface area (Å²) in [5.41, 5.74) is 0.733. The Kier molecular flexibility index (Phi) is 4.76. The summed E-state index contributed by atoms with van der Waals surface area (Å²) in [5.74, 6) is -0.171. The number of rotatable bonds is 4. The van der Waals surface area contributed by atoms with E-state index in [4.69, 9.17) is 4.74 Å². The lowest BCUT2D eigenvalue weighted by atomic mass is 10.2. The van der Waals surface area contributed by atoms with Crippen LogP contribution in [-0.4, -0.2) is 29.7 Å². The Balaban J connectivity index is 1.93. The molecule has 5 nitrogen and oxygen atoms in total. The number of hydrogen-bond donors (Lipinski definition) is 1. The molecule has 1 unspecified atom stereocenters. The third kappa shape index (κ3) is 3.91. The summed E-state index contributed by atoms with van der Waals surface area (Å²) in [6.45, 7) is 3.20. The second-order valence-electron chi connectivity index (χ2n) is 4.74. The highest BCUT2D eigenvalue weighted by molar-refractivity contribution is 9.10. The molecule has 0 saturated carbocycles. The van der Waals surface area contributed by atoms with Gasteiger partial charge in [0.2, 0.25) is 5.91 Å². The minimum atomic E-state index is -0.196. The van der Waals surface area contributed by atoms with E-state index >= 15 is 0 Å². The molecule has 0 radical (unpaired) electrons. The highest BCUT2D eigenvalue weighted by atomic mass is 79.9. The number of hydrogen-bond acceptors (Lipinski definition) is 3. The SMILES string of the molecule is Cc1cc(Br)c(=O)n(CC(=O)NCC2CCCO2)c1. The molecule has 19 heavy (non-hydrogen) atoms. The van der Waals surface area contributed by atoms with E-state index in [-0.39, 0.29) is 24.1 Å². The summed E-state index contributed by atoms with van der Waals surface area (Å²) in [4.78, 5) is 23.6. The fourth-order valence-electron chi connectivity index (χ4n) is 2.10. The van der Waals surface area contributed by atoms with Crippen molar-refractivity contribution < 1.29 is 9.53 Å².